The number of pyridine rings is 3. The molecule has 1 saturated carbocycles. The van der Waals surface area contributed by atoms with Gasteiger partial charge in [-0.15, -0.1) is 0 Å². The van der Waals surface area contributed by atoms with E-state index in [9.17, 15) is 13.2 Å². The molecule has 202 valence electrons. The van der Waals surface area contributed by atoms with Crippen LogP contribution >= 0.6 is 0 Å². The normalized spacial score (nSPS) is 24.6. The van der Waals surface area contributed by atoms with E-state index in [1.165, 1.54) is 6.26 Å². The average Bonchev–Trinajstić information content (AvgIpc) is 2.83. The van der Waals surface area contributed by atoms with Crippen molar-refractivity contribution in [3.63, 3.8) is 0 Å². The molecule has 0 radical (unpaired) electrons. The molecule has 1 aliphatic heterocycles. The Kier molecular flexibility index (Phi) is 6.55. The van der Waals surface area contributed by atoms with Crippen molar-refractivity contribution in [2.75, 3.05) is 11.6 Å². The third-order valence-corrected chi connectivity index (χ3v) is 9.45. The van der Waals surface area contributed by atoms with Crippen molar-refractivity contribution in [1.29, 1.82) is 0 Å². The monoisotopic (exact) mass is 539 g/mol. The highest BCUT2D eigenvalue weighted by Crippen LogP contribution is 2.37. The van der Waals surface area contributed by atoms with Gasteiger partial charge in [0.25, 0.3) is 0 Å². The summed E-state index contributed by atoms with van der Waals surface area (Å²) < 4.78 is 35.1. The predicted molar refractivity (Wildman–Crippen MR) is 144 cm³/mol. The number of hydrogen-bond acceptors (Lipinski definition) is 10. The maximum atomic E-state index is 12.3. The highest BCUT2D eigenvalue weighted by Gasteiger charge is 2.38. The van der Waals surface area contributed by atoms with Crippen molar-refractivity contribution in [3.8, 4) is 5.88 Å². The number of carbonyl (C=O) groups excluding carboxylic acids is 1. The maximum absolute atomic E-state index is 12.3. The number of rotatable bonds is 7. The van der Waals surface area contributed by atoms with Gasteiger partial charge < -0.3 is 20.5 Å². The molecule has 0 spiro atoms. The van der Waals surface area contributed by atoms with Gasteiger partial charge in [-0.2, -0.15) is 0 Å². The number of ether oxygens (including phenoxy) is 2. The lowest BCUT2D eigenvalue weighted by Crippen LogP contribution is -2.42. The molecule has 11 heteroatoms. The topological polar surface area (TPSA) is 146 Å². The van der Waals surface area contributed by atoms with Crippen LogP contribution in [-0.2, 0) is 20.1 Å². The molecule has 1 unspecified atom stereocenters. The minimum atomic E-state index is -3.08. The first-order valence-electron chi connectivity index (χ1n) is 12.8. The number of aromatic nitrogens is 3. The molecule has 1 fully saturated rings. The fourth-order valence-corrected chi connectivity index (χ4v) is 5.92. The van der Waals surface area contributed by atoms with Crippen molar-refractivity contribution in [3.05, 3.63) is 47.4 Å². The van der Waals surface area contributed by atoms with E-state index in [1.54, 1.807) is 24.5 Å². The van der Waals surface area contributed by atoms with E-state index < -0.39 is 15.4 Å². The fraction of sp³-hybridized carbons (Fsp3) is 0.481. The van der Waals surface area contributed by atoms with E-state index in [0.717, 1.165) is 10.9 Å². The van der Waals surface area contributed by atoms with Crippen LogP contribution in [0.15, 0.2) is 30.6 Å². The lowest BCUT2D eigenvalue weighted by molar-refractivity contribution is 0.0235. The molecule has 3 aromatic heterocycles. The van der Waals surface area contributed by atoms with Crippen LogP contribution in [0, 0.1) is 0 Å². The van der Waals surface area contributed by atoms with E-state index in [1.807, 2.05) is 33.8 Å². The second kappa shape index (κ2) is 9.46. The molecular weight excluding hydrogens is 506 g/mol. The Morgan fingerprint density at radius 3 is 2.58 bits per heavy atom. The second-order valence-electron chi connectivity index (χ2n) is 10.7. The van der Waals surface area contributed by atoms with E-state index in [2.05, 4.69) is 15.3 Å². The number of nitrogens with zero attached hydrogens (tertiary/aromatic N) is 3. The Bertz CT molecular complexity index is 1520. The molecule has 3 aromatic rings. The third-order valence-electron chi connectivity index (χ3n) is 7.85. The second-order valence-corrected chi connectivity index (χ2v) is 13.0. The van der Waals surface area contributed by atoms with Crippen LogP contribution in [0.25, 0.3) is 10.8 Å². The molecule has 10 nitrogen and oxygen atoms in total. The summed E-state index contributed by atoms with van der Waals surface area (Å²) in [5, 5.41) is 4.41. The number of nitrogens with one attached hydrogen (secondary N) is 1. The number of carbonyl (C=O) groups is 1. The van der Waals surface area contributed by atoms with Gasteiger partial charge in [0.2, 0.25) is 5.88 Å². The molecule has 1 aliphatic carbocycles. The van der Waals surface area contributed by atoms with E-state index >= 15 is 0 Å². The van der Waals surface area contributed by atoms with E-state index in [0.29, 0.717) is 53.4 Å². The number of nitrogens with two attached hydrogens (primary N) is 1. The van der Waals surface area contributed by atoms with Gasteiger partial charge in [0.15, 0.2) is 9.84 Å². The molecule has 4 heterocycles. The van der Waals surface area contributed by atoms with Crippen LogP contribution in [-0.4, -0.2) is 53.1 Å². The highest BCUT2D eigenvalue weighted by atomic mass is 32.2. The van der Waals surface area contributed by atoms with Crippen LogP contribution in [0.3, 0.4) is 0 Å². The van der Waals surface area contributed by atoms with Crippen molar-refractivity contribution < 1.29 is 22.7 Å². The maximum Gasteiger partial charge on any atom is 0.340 e. The lowest BCUT2D eigenvalue weighted by atomic mass is 9.88. The van der Waals surface area contributed by atoms with Gasteiger partial charge in [0.05, 0.1) is 21.9 Å². The Morgan fingerprint density at radius 1 is 1.16 bits per heavy atom. The third kappa shape index (κ3) is 4.80. The van der Waals surface area contributed by atoms with Gasteiger partial charge in [0, 0.05) is 42.9 Å². The minimum absolute atomic E-state index is 0.0392. The molecule has 0 bridgehead atoms. The first-order valence-corrected chi connectivity index (χ1v) is 14.8. The SMILES string of the molecule is CCC(C)(N)c1cnc(O[C@H]2C[C@@H](S(C)(=O)=O)C2)c2cnc(Nc3ccc4c(n3)[C@H](C)[C@H](C)OC4=O)cc12. The molecule has 3 N–H and O–H groups in total. The molecular formula is C27H33N5O5S. The average molecular weight is 540 g/mol. The highest BCUT2D eigenvalue weighted by molar-refractivity contribution is 7.91. The number of sulfone groups is 1. The summed E-state index contributed by atoms with van der Waals surface area (Å²) >= 11 is 0. The van der Waals surface area contributed by atoms with E-state index in [4.69, 9.17) is 20.2 Å². The van der Waals surface area contributed by atoms with Crippen molar-refractivity contribution in [2.24, 2.45) is 5.73 Å². The zero-order valence-corrected chi connectivity index (χ0v) is 23.0. The molecule has 3 atom stereocenters. The number of esters is 1. The van der Waals surface area contributed by atoms with Gasteiger partial charge in [-0.3, -0.25) is 0 Å². The van der Waals surface area contributed by atoms with Crippen molar-refractivity contribution in [2.45, 2.75) is 75.9 Å². The standard InChI is InChI=1S/C27H33N5O5S/c1-6-27(4,28)21-13-30-25(37-16-9-17(10-16)38(5,34)35)20-12-29-23(11-19(20)21)31-22-8-7-18-24(32-22)14(2)15(3)36-26(18)33/h7-8,11-17H,6,9-10,28H2,1-5H3,(H,29,31,32)/t14-,15+,16-,17+,27?/m1/s1. The minimum Gasteiger partial charge on any atom is -0.474 e. The van der Waals surface area contributed by atoms with Crippen molar-refractivity contribution in [1.82, 2.24) is 15.0 Å². The van der Waals surface area contributed by atoms with Crippen LogP contribution in [0.2, 0.25) is 0 Å². The number of anilines is 2. The van der Waals surface area contributed by atoms with E-state index in [-0.39, 0.29) is 29.3 Å². The number of hydrogen-bond donors (Lipinski definition) is 2. The Hall–Kier alpha value is -3.31. The summed E-state index contributed by atoms with van der Waals surface area (Å²) in [6.45, 7) is 7.80. The van der Waals surface area contributed by atoms with Gasteiger partial charge >= 0.3 is 5.97 Å². The number of cyclic esters (lactones) is 1. The van der Waals surface area contributed by atoms with Gasteiger partial charge in [-0.05, 0) is 49.4 Å². The van der Waals surface area contributed by atoms with Gasteiger partial charge in [-0.1, -0.05) is 13.8 Å². The predicted octanol–water partition coefficient (Wildman–Crippen LogP) is 3.97. The van der Waals surface area contributed by atoms with Gasteiger partial charge in [-0.25, -0.2) is 28.2 Å². The summed E-state index contributed by atoms with van der Waals surface area (Å²) in [7, 11) is -3.08. The zero-order valence-electron chi connectivity index (χ0n) is 22.2. The molecule has 0 saturated heterocycles. The molecule has 5 rings (SSSR count). The summed E-state index contributed by atoms with van der Waals surface area (Å²) in [6, 6.07) is 5.33. The van der Waals surface area contributed by atoms with Crippen LogP contribution in [0.4, 0.5) is 11.6 Å². The summed E-state index contributed by atoms with van der Waals surface area (Å²) in [5.74, 6) is 1.11. The number of fused-ring (bicyclic) bond motifs is 2. The Labute approximate surface area is 222 Å². The summed E-state index contributed by atoms with van der Waals surface area (Å²) in [5.41, 5.74) is 8.00. The molecule has 0 aromatic carbocycles. The van der Waals surface area contributed by atoms with Crippen LogP contribution < -0.4 is 15.8 Å². The molecule has 2 aliphatic rings. The first kappa shape index (κ1) is 26.3. The molecule has 0 amide bonds. The quantitative estimate of drug-likeness (QED) is 0.423. The zero-order chi connectivity index (χ0) is 27.4. The Balaban J connectivity index is 1.48. The van der Waals surface area contributed by atoms with Crippen LogP contribution in [0.5, 0.6) is 5.88 Å². The largest absolute Gasteiger partial charge is 0.474 e. The fourth-order valence-electron chi connectivity index (χ4n) is 4.79. The lowest BCUT2D eigenvalue weighted by Gasteiger charge is -2.34. The summed E-state index contributed by atoms with van der Waals surface area (Å²) in [6.07, 6.45) is 5.75. The summed E-state index contributed by atoms with van der Waals surface area (Å²) in [4.78, 5) is 26.1. The first-order chi connectivity index (χ1) is 17.9. The smallest absolute Gasteiger partial charge is 0.340 e. The van der Waals surface area contributed by atoms with Crippen molar-refractivity contribution >= 4 is 38.2 Å². The van der Waals surface area contributed by atoms with Gasteiger partial charge in [0.1, 0.15) is 23.8 Å². The molecule has 38 heavy (non-hydrogen) atoms. The van der Waals surface area contributed by atoms with Crippen LogP contribution in [0.1, 0.15) is 74.5 Å². The Morgan fingerprint density at radius 2 is 1.89 bits per heavy atom.